The summed E-state index contributed by atoms with van der Waals surface area (Å²) in [4.78, 5) is 13.7. The number of carboxylic acid groups (broad SMARTS) is 1. The van der Waals surface area contributed by atoms with Gasteiger partial charge in [-0.3, -0.25) is 4.72 Å². The maximum atomic E-state index is 12.9. The van der Waals surface area contributed by atoms with Gasteiger partial charge in [-0.2, -0.15) is 0 Å². The zero-order valence-electron chi connectivity index (χ0n) is 15.5. The summed E-state index contributed by atoms with van der Waals surface area (Å²) in [5, 5.41) is 9.31. The molecule has 0 saturated carbocycles. The molecule has 1 fully saturated rings. The third-order valence-electron chi connectivity index (χ3n) is 4.79. The Kier molecular flexibility index (Phi) is 5.41. The van der Waals surface area contributed by atoms with Gasteiger partial charge in [-0.25, -0.2) is 13.2 Å². The minimum Gasteiger partial charge on any atom is -0.478 e. The molecule has 7 heteroatoms. The number of nitrogens with zero attached hydrogens (tertiary/aromatic N) is 1. The molecule has 0 aliphatic carbocycles. The number of aryl methyl sites for hydroxylation is 1. The van der Waals surface area contributed by atoms with Gasteiger partial charge < -0.3 is 10.0 Å². The van der Waals surface area contributed by atoms with Crippen molar-refractivity contribution in [2.75, 3.05) is 22.7 Å². The van der Waals surface area contributed by atoms with Crippen molar-refractivity contribution in [2.24, 2.45) is 5.92 Å². The summed E-state index contributed by atoms with van der Waals surface area (Å²) in [6, 6.07) is 11.2. The molecular formula is C20H24N2O4S. The molecule has 2 aromatic carbocycles. The summed E-state index contributed by atoms with van der Waals surface area (Å²) >= 11 is 0. The number of sulfonamides is 1. The molecule has 3 rings (SSSR count). The highest BCUT2D eigenvalue weighted by atomic mass is 32.2. The molecule has 27 heavy (non-hydrogen) atoms. The third-order valence-corrected chi connectivity index (χ3v) is 6.15. The fraction of sp³-hybridized carbons (Fsp3) is 0.350. The predicted octanol–water partition coefficient (Wildman–Crippen LogP) is 3.73. The van der Waals surface area contributed by atoms with Crippen molar-refractivity contribution in [2.45, 2.75) is 31.6 Å². The molecule has 1 aliphatic heterocycles. The number of anilines is 2. The second-order valence-corrected chi connectivity index (χ2v) is 8.83. The first-order valence-electron chi connectivity index (χ1n) is 8.98. The van der Waals surface area contributed by atoms with E-state index in [1.165, 1.54) is 18.2 Å². The average Bonchev–Trinajstić information content (AvgIpc) is 2.61. The maximum Gasteiger partial charge on any atom is 0.335 e. The minimum absolute atomic E-state index is 0.0470. The van der Waals surface area contributed by atoms with Gasteiger partial charge >= 0.3 is 5.97 Å². The molecule has 6 nitrogen and oxygen atoms in total. The Morgan fingerprint density at radius 2 is 2.00 bits per heavy atom. The highest BCUT2D eigenvalue weighted by molar-refractivity contribution is 7.92. The van der Waals surface area contributed by atoms with Crippen molar-refractivity contribution < 1.29 is 18.3 Å². The first-order valence-corrected chi connectivity index (χ1v) is 10.5. The molecule has 0 spiro atoms. The molecule has 0 amide bonds. The summed E-state index contributed by atoms with van der Waals surface area (Å²) in [6.07, 6.45) is 2.15. The monoisotopic (exact) mass is 388 g/mol. The van der Waals surface area contributed by atoms with Crippen LogP contribution in [-0.4, -0.2) is 32.6 Å². The van der Waals surface area contributed by atoms with Gasteiger partial charge in [0, 0.05) is 13.1 Å². The van der Waals surface area contributed by atoms with Gasteiger partial charge in [0.15, 0.2) is 0 Å². The van der Waals surface area contributed by atoms with Crippen LogP contribution in [0, 0.1) is 12.8 Å². The Balaban J connectivity index is 2.01. The number of rotatable bonds is 5. The fourth-order valence-electron chi connectivity index (χ4n) is 3.42. The van der Waals surface area contributed by atoms with Crippen LogP contribution in [-0.2, 0) is 10.0 Å². The average molecular weight is 388 g/mol. The van der Waals surface area contributed by atoms with Crippen molar-refractivity contribution >= 4 is 27.4 Å². The quantitative estimate of drug-likeness (QED) is 0.815. The molecule has 1 saturated heterocycles. The van der Waals surface area contributed by atoms with Gasteiger partial charge in [-0.15, -0.1) is 0 Å². The predicted molar refractivity (Wildman–Crippen MR) is 106 cm³/mol. The molecule has 1 unspecified atom stereocenters. The van der Waals surface area contributed by atoms with Gasteiger partial charge in [0.25, 0.3) is 10.0 Å². The summed E-state index contributed by atoms with van der Waals surface area (Å²) in [5.74, 6) is -0.594. The minimum atomic E-state index is -3.82. The molecule has 1 heterocycles. The second-order valence-electron chi connectivity index (χ2n) is 7.15. The summed E-state index contributed by atoms with van der Waals surface area (Å²) in [6.45, 7) is 5.61. The molecule has 0 aromatic heterocycles. The molecule has 0 bridgehead atoms. The Labute approximate surface area is 159 Å². The van der Waals surface area contributed by atoms with E-state index in [0.717, 1.165) is 31.5 Å². The van der Waals surface area contributed by atoms with Crippen LogP contribution in [0.1, 0.15) is 35.7 Å². The number of piperidine rings is 1. The smallest absolute Gasteiger partial charge is 0.335 e. The summed E-state index contributed by atoms with van der Waals surface area (Å²) < 4.78 is 28.3. The van der Waals surface area contributed by atoms with E-state index in [1.807, 2.05) is 13.0 Å². The topological polar surface area (TPSA) is 86.7 Å². The lowest BCUT2D eigenvalue weighted by Crippen LogP contribution is -2.35. The van der Waals surface area contributed by atoms with E-state index >= 15 is 0 Å². The first-order chi connectivity index (χ1) is 12.8. The Hall–Kier alpha value is -2.54. The number of hydrogen-bond donors (Lipinski definition) is 2. The summed E-state index contributed by atoms with van der Waals surface area (Å²) in [7, 11) is -3.82. The third kappa shape index (κ3) is 4.42. The number of carboxylic acids is 1. The SMILES string of the molecule is Cc1cccc(S(=O)(=O)Nc2cc(C(=O)O)ccc2N2CCCC(C)C2)c1. The normalized spacial score (nSPS) is 17.6. The van der Waals surface area contributed by atoms with Crippen LogP contribution >= 0.6 is 0 Å². The standard InChI is InChI=1S/C20H24N2O4S/c1-14-5-3-7-17(11-14)27(25,26)21-18-12-16(20(23)24)8-9-19(18)22-10-4-6-15(2)13-22/h3,5,7-9,11-12,15,21H,4,6,10,13H2,1-2H3,(H,23,24). The van der Waals surface area contributed by atoms with Crippen LogP contribution in [0.3, 0.4) is 0 Å². The zero-order chi connectivity index (χ0) is 19.6. The van der Waals surface area contributed by atoms with Crippen LogP contribution in [0.4, 0.5) is 11.4 Å². The van der Waals surface area contributed by atoms with Gasteiger partial charge in [-0.1, -0.05) is 19.1 Å². The van der Waals surface area contributed by atoms with Gasteiger partial charge in [0.2, 0.25) is 0 Å². The highest BCUT2D eigenvalue weighted by Crippen LogP contribution is 2.32. The van der Waals surface area contributed by atoms with Crippen molar-refractivity contribution in [3.63, 3.8) is 0 Å². The van der Waals surface area contributed by atoms with E-state index in [4.69, 9.17) is 0 Å². The van der Waals surface area contributed by atoms with Crippen LogP contribution in [0.5, 0.6) is 0 Å². The molecule has 2 aromatic rings. The zero-order valence-corrected chi connectivity index (χ0v) is 16.3. The molecule has 1 atom stereocenters. The molecule has 144 valence electrons. The Bertz CT molecular complexity index is 956. The van der Waals surface area contributed by atoms with E-state index in [2.05, 4.69) is 16.5 Å². The highest BCUT2D eigenvalue weighted by Gasteiger charge is 2.23. The second kappa shape index (κ2) is 7.60. The largest absolute Gasteiger partial charge is 0.478 e. The van der Waals surface area contributed by atoms with Crippen molar-refractivity contribution in [1.29, 1.82) is 0 Å². The van der Waals surface area contributed by atoms with E-state index < -0.39 is 16.0 Å². The van der Waals surface area contributed by atoms with Crippen LogP contribution in [0.25, 0.3) is 0 Å². The number of nitrogens with one attached hydrogen (secondary N) is 1. The van der Waals surface area contributed by atoms with Crippen LogP contribution in [0.2, 0.25) is 0 Å². The van der Waals surface area contributed by atoms with E-state index in [1.54, 1.807) is 18.2 Å². The van der Waals surface area contributed by atoms with Gasteiger partial charge in [-0.05, 0) is 61.6 Å². The van der Waals surface area contributed by atoms with E-state index in [-0.39, 0.29) is 10.5 Å². The van der Waals surface area contributed by atoms with Crippen molar-refractivity contribution in [3.8, 4) is 0 Å². The Morgan fingerprint density at radius 1 is 1.22 bits per heavy atom. The molecular weight excluding hydrogens is 364 g/mol. The molecule has 2 N–H and O–H groups in total. The number of benzene rings is 2. The maximum absolute atomic E-state index is 12.9. The fourth-order valence-corrected chi connectivity index (χ4v) is 4.59. The first kappa shape index (κ1) is 19.2. The van der Waals surface area contributed by atoms with Crippen LogP contribution < -0.4 is 9.62 Å². The van der Waals surface area contributed by atoms with Crippen molar-refractivity contribution in [1.82, 2.24) is 0 Å². The number of carbonyl (C=O) groups is 1. The lowest BCUT2D eigenvalue weighted by atomic mass is 9.99. The van der Waals surface area contributed by atoms with E-state index in [9.17, 15) is 18.3 Å². The summed E-state index contributed by atoms with van der Waals surface area (Å²) in [5.41, 5.74) is 1.89. The number of hydrogen-bond acceptors (Lipinski definition) is 4. The van der Waals surface area contributed by atoms with E-state index in [0.29, 0.717) is 17.3 Å². The molecule has 0 radical (unpaired) electrons. The van der Waals surface area contributed by atoms with Gasteiger partial charge in [0.1, 0.15) is 0 Å². The van der Waals surface area contributed by atoms with Crippen LogP contribution in [0.15, 0.2) is 47.4 Å². The molecule has 1 aliphatic rings. The number of aromatic carboxylic acids is 1. The van der Waals surface area contributed by atoms with Crippen molar-refractivity contribution in [3.05, 3.63) is 53.6 Å². The Morgan fingerprint density at radius 3 is 2.67 bits per heavy atom. The lowest BCUT2D eigenvalue weighted by molar-refractivity contribution is 0.0697. The lowest BCUT2D eigenvalue weighted by Gasteiger charge is -2.34. The van der Waals surface area contributed by atoms with Gasteiger partial charge in [0.05, 0.1) is 21.8 Å².